The Hall–Kier alpha value is -1.06. The van der Waals surface area contributed by atoms with Gasteiger partial charge in [0.25, 0.3) is 0 Å². The van der Waals surface area contributed by atoms with Gasteiger partial charge >= 0.3 is 5.97 Å². The van der Waals surface area contributed by atoms with Crippen LogP contribution in [0.4, 0.5) is 0 Å². The molecule has 19 heavy (non-hydrogen) atoms. The maximum atomic E-state index is 12.4. The minimum atomic E-state index is -0.756. The van der Waals surface area contributed by atoms with Crippen LogP contribution < -0.4 is 0 Å². The molecule has 0 aromatic carbocycles. The fourth-order valence-electron chi connectivity index (χ4n) is 3.50. The van der Waals surface area contributed by atoms with E-state index in [1.165, 1.54) is 25.7 Å². The van der Waals surface area contributed by atoms with E-state index < -0.39 is 5.97 Å². The molecule has 0 spiro atoms. The summed E-state index contributed by atoms with van der Waals surface area (Å²) < 4.78 is 0. The highest BCUT2D eigenvalue weighted by molar-refractivity contribution is 5.77. The number of carboxylic acid groups (broad SMARTS) is 1. The number of carbonyl (C=O) groups is 2. The lowest BCUT2D eigenvalue weighted by Crippen LogP contribution is -2.44. The molecule has 1 N–H and O–H groups in total. The van der Waals surface area contributed by atoms with Crippen LogP contribution in [0.2, 0.25) is 0 Å². The lowest BCUT2D eigenvalue weighted by Gasteiger charge is -2.36. The third-order valence-corrected chi connectivity index (χ3v) is 4.58. The van der Waals surface area contributed by atoms with Crippen LogP contribution in [0.15, 0.2) is 0 Å². The number of aliphatic carboxylic acids is 1. The number of hydrogen-bond donors (Lipinski definition) is 1. The molecule has 1 saturated carbocycles. The Labute approximate surface area is 115 Å². The fraction of sp³-hybridized carbons (Fsp3) is 0.867. The van der Waals surface area contributed by atoms with Gasteiger partial charge in [-0.25, -0.2) is 0 Å². The van der Waals surface area contributed by atoms with Gasteiger partial charge in [0.15, 0.2) is 0 Å². The highest BCUT2D eigenvalue weighted by Crippen LogP contribution is 2.30. The molecule has 2 fully saturated rings. The molecule has 1 amide bonds. The molecule has 0 bridgehead atoms. The molecule has 1 aliphatic heterocycles. The third kappa shape index (κ3) is 4.22. The summed E-state index contributed by atoms with van der Waals surface area (Å²) in [6.45, 7) is 0.829. The second-order valence-electron chi connectivity index (χ2n) is 6.02. The molecule has 1 atom stereocenters. The lowest BCUT2D eigenvalue weighted by molar-refractivity contribution is -0.140. The molecule has 108 valence electrons. The number of rotatable bonds is 5. The summed E-state index contributed by atoms with van der Waals surface area (Å²) in [7, 11) is 0. The molecule has 1 saturated heterocycles. The number of nitrogens with zero attached hydrogens (tertiary/aromatic N) is 1. The molecule has 4 nitrogen and oxygen atoms in total. The van der Waals surface area contributed by atoms with Gasteiger partial charge in [-0.1, -0.05) is 12.8 Å². The van der Waals surface area contributed by atoms with Crippen molar-refractivity contribution in [2.24, 2.45) is 5.92 Å². The van der Waals surface area contributed by atoms with E-state index in [0.717, 1.165) is 25.8 Å². The Morgan fingerprint density at radius 2 is 1.74 bits per heavy atom. The second-order valence-corrected chi connectivity index (χ2v) is 6.02. The van der Waals surface area contributed by atoms with E-state index in [1.807, 2.05) is 4.90 Å². The van der Waals surface area contributed by atoms with Crippen LogP contribution in [-0.4, -0.2) is 34.5 Å². The highest BCUT2D eigenvalue weighted by Gasteiger charge is 2.29. The molecule has 1 unspecified atom stereocenters. The molecular formula is C15H25NO3. The molecule has 1 heterocycles. The summed E-state index contributed by atoms with van der Waals surface area (Å²) in [6.07, 6.45) is 9.56. The standard InChI is InChI=1S/C15H25NO3/c17-14(11-12-5-1-2-6-12)16-10-4-3-7-13(16)8-9-15(18)19/h12-13H,1-11H2,(H,18,19). The Morgan fingerprint density at radius 3 is 2.42 bits per heavy atom. The SMILES string of the molecule is O=C(O)CCC1CCCCN1C(=O)CC1CCCC1. The van der Waals surface area contributed by atoms with Crippen molar-refractivity contribution in [2.75, 3.05) is 6.54 Å². The maximum absolute atomic E-state index is 12.4. The summed E-state index contributed by atoms with van der Waals surface area (Å²) in [5, 5.41) is 8.80. The molecule has 4 heteroatoms. The zero-order valence-electron chi connectivity index (χ0n) is 11.6. The zero-order valence-corrected chi connectivity index (χ0v) is 11.6. The number of hydrogen-bond acceptors (Lipinski definition) is 2. The Balaban J connectivity index is 1.86. The van der Waals surface area contributed by atoms with Crippen molar-refractivity contribution in [3.8, 4) is 0 Å². The Morgan fingerprint density at radius 1 is 1.05 bits per heavy atom. The van der Waals surface area contributed by atoms with E-state index in [4.69, 9.17) is 5.11 Å². The average Bonchev–Trinajstić information content (AvgIpc) is 2.89. The van der Waals surface area contributed by atoms with Crippen LogP contribution in [0.1, 0.15) is 64.2 Å². The van der Waals surface area contributed by atoms with E-state index in [1.54, 1.807) is 0 Å². The van der Waals surface area contributed by atoms with Gasteiger partial charge in [-0.05, 0) is 44.4 Å². The first kappa shape index (κ1) is 14.4. The molecule has 2 rings (SSSR count). The number of carboxylic acids is 1. The van der Waals surface area contributed by atoms with Gasteiger partial charge < -0.3 is 10.0 Å². The van der Waals surface area contributed by atoms with Crippen molar-refractivity contribution in [1.82, 2.24) is 4.90 Å². The molecular weight excluding hydrogens is 242 g/mol. The van der Waals surface area contributed by atoms with E-state index in [9.17, 15) is 9.59 Å². The van der Waals surface area contributed by atoms with Crippen molar-refractivity contribution in [3.63, 3.8) is 0 Å². The second kappa shape index (κ2) is 6.92. The number of piperidine rings is 1. The fourth-order valence-corrected chi connectivity index (χ4v) is 3.50. The average molecular weight is 267 g/mol. The largest absolute Gasteiger partial charge is 0.481 e. The summed E-state index contributed by atoms with van der Waals surface area (Å²) in [5.74, 6) is 0.0882. The van der Waals surface area contributed by atoms with Crippen LogP contribution in [0.25, 0.3) is 0 Å². The summed E-state index contributed by atoms with van der Waals surface area (Å²) in [6, 6.07) is 0.166. The number of likely N-dealkylation sites (tertiary alicyclic amines) is 1. The quantitative estimate of drug-likeness (QED) is 0.833. The first-order valence-electron chi connectivity index (χ1n) is 7.68. The predicted molar refractivity (Wildman–Crippen MR) is 72.8 cm³/mol. The number of carbonyl (C=O) groups excluding carboxylic acids is 1. The van der Waals surface area contributed by atoms with Gasteiger partial charge in [-0.15, -0.1) is 0 Å². The van der Waals surface area contributed by atoms with E-state index in [-0.39, 0.29) is 18.4 Å². The minimum absolute atomic E-state index is 0.166. The topological polar surface area (TPSA) is 57.6 Å². The van der Waals surface area contributed by atoms with Gasteiger partial charge in [0.1, 0.15) is 0 Å². The minimum Gasteiger partial charge on any atom is -0.481 e. The van der Waals surface area contributed by atoms with E-state index in [2.05, 4.69) is 0 Å². The van der Waals surface area contributed by atoms with Gasteiger partial charge in [0, 0.05) is 25.4 Å². The zero-order chi connectivity index (χ0) is 13.7. The Bertz CT molecular complexity index is 323. The monoisotopic (exact) mass is 267 g/mol. The van der Waals surface area contributed by atoms with Crippen molar-refractivity contribution in [2.45, 2.75) is 70.3 Å². The van der Waals surface area contributed by atoms with Crippen molar-refractivity contribution >= 4 is 11.9 Å². The third-order valence-electron chi connectivity index (χ3n) is 4.58. The summed E-state index contributed by atoms with van der Waals surface area (Å²) >= 11 is 0. The van der Waals surface area contributed by atoms with E-state index in [0.29, 0.717) is 18.8 Å². The van der Waals surface area contributed by atoms with Crippen LogP contribution in [0.3, 0.4) is 0 Å². The molecule has 0 radical (unpaired) electrons. The van der Waals surface area contributed by atoms with Gasteiger partial charge in [-0.2, -0.15) is 0 Å². The van der Waals surface area contributed by atoms with Gasteiger partial charge in [-0.3, -0.25) is 9.59 Å². The molecule has 0 aromatic heterocycles. The van der Waals surface area contributed by atoms with Crippen LogP contribution in [-0.2, 0) is 9.59 Å². The molecule has 0 aromatic rings. The Kier molecular flexibility index (Phi) is 5.23. The lowest BCUT2D eigenvalue weighted by atomic mass is 9.95. The van der Waals surface area contributed by atoms with E-state index >= 15 is 0 Å². The van der Waals surface area contributed by atoms with Gasteiger partial charge in [0.2, 0.25) is 5.91 Å². The van der Waals surface area contributed by atoms with Gasteiger partial charge in [0.05, 0.1) is 0 Å². The first-order valence-corrected chi connectivity index (χ1v) is 7.68. The predicted octanol–water partition coefficient (Wildman–Crippen LogP) is 2.81. The molecule has 2 aliphatic rings. The smallest absolute Gasteiger partial charge is 0.303 e. The maximum Gasteiger partial charge on any atom is 0.303 e. The van der Waals surface area contributed by atoms with Crippen molar-refractivity contribution in [3.05, 3.63) is 0 Å². The first-order chi connectivity index (χ1) is 9.16. The highest BCUT2D eigenvalue weighted by atomic mass is 16.4. The van der Waals surface area contributed by atoms with Crippen molar-refractivity contribution < 1.29 is 14.7 Å². The summed E-state index contributed by atoms with van der Waals surface area (Å²) in [4.78, 5) is 25.1. The van der Waals surface area contributed by atoms with Crippen LogP contribution in [0, 0.1) is 5.92 Å². The van der Waals surface area contributed by atoms with Crippen molar-refractivity contribution in [1.29, 1.82) is 0 Å². The number of amides is 1. The molecule has 1 aliphatic carbocycles. The van der Waals surface area contributed by atoms with Crippen LogP contribution >= 0.6 is 0 Å². The normalized spacial score (nSPS) is 24.6. The van der Waals surface area contributed by atoms with Crippen LogP contribution in [0.5, 0.6) is 0 Å². The summed E-state index contributed by atoms with van der Waals surface area (Å²) in [5.41, 5.74) is 0.